The van der Waals surface area contributed by atoms with Crippen LogP contribution in [0.5, 0.6) is 0 Å². The number of amides is 1. The first-order chi connectivity index (χ1) is 7.72. The van der Waals surface area contributed by atoms with Gasteiger partial charge in [0.15, 0.2) is 0 Å². The van der Waals surface area contributed by atoms with Crippen molar-refractivity contribution >= 4 is 18.3 Å². The highest BCUT2D eigenvalue weighted by Crippen LogP contribution is 2.05. The van der Waals surface area contributed by atoms with Gasteiger partial charge in [0.2, 0.25) is 5.91 Å². The number of halogens is 1. The third-order valence-electron chi connectivity index (χ3n) is 2.01. The Hall–Kier alpha value is -1.44. The summed E-state index contributed by atoms with van der Waals surface area (Å²) in [6, 6.07) is 3.83. The van der Waals surface area contributed by atoms with E-state index in [-0.39, 0.29) is 24.9 Å². The van der Waals surface area contributed by atoms with Gasteiger partial charge in [-0.15, -0.1) is 18.8 Å². The standard InChI is InChI=1S/C12H16N2O2.ClH/c1-3-7-14-12(15)6-8-13-9-11-5-4-10(2)16-11;/h1,4-5,13H,6-9H2,2H3,(H,14,15);1H. The number of aryl methyl sites for hydroxylation is 1. The fourth-order valence-electron chi connectivity index (χ4n) is 1.23. The van der Waals surface area contributed by atoms with Crippen molar-refractivity contribution in [3.63, 3.8) is 0 Å². The summed E-state index contributed by atoms with van der Waals surface area (Å²) < 4.78 is 5.37. The minimum Gasteiger partial charge on any atom is -0.465 e. The Labute approximate surface area is 108 Å². The van der Waals surface area contributed by atoms with Crippen LogP contribution in [-0.2, 0) is 11.3 Å². The molecule has 0 fully saturated rings. The minimum absolute atomic E-state index is 0. The van der Waals surface area contributed by atoms with Crippen LogP contribution < -0.4 is 10.6 Å². The van der Waals surface area contributed by atoms with Gasteiger partial charge in [-0.25, -0.2) is 0 Å². The van der Waals surface area contributed by atoms with E-state index in [1.54, 1.807) is 0 Å². The summed E-state index contributed by atoms with van der Waals surface area (Å²) in [5, 5.41) is 5.71. The third kappa shape index (κ3) is 6.67. The molecule has 0 spiro atoms. The van der Waals surface area contributed by atoms with E-state index in [0.29, 0.717) is 19.5 Å². The molecule has 0 aliphatic rings. The van der Waals surface area contributed by atoms with Gasteiger partial charge in [-0.05, 0) is 19.1 Å². The van der Waals surface area contributed by atoms with Crippen molar-refractivity contribution in [3.05, 3.63) is 23.7 Å². The maximum Gasteiger partial charge on any atom is 0.222 e. The summed E-state index contributed by atoms with van der Waals surface area (Å²) >= 11 is 0. The lowest BCUT2D eigenvalue weighted by atomic mass is 10.3. The molecule has 0 saturated heterocycles. The zero-order valence-electron chi connectivity index (χ0n) is 9.79. The molecule has 1 amide bonds. The highest BCUT2D eigenvalue weighted by Gasteiger charge is 2.00. The molecule has 5 heteroatoms. The van der Waals surface area contributed by atoms with Gasteiger partial charge in [-0.3, -0.25) is 4.79 Å². The summed E-state index contributed by atoms with van der Waals surface area (Å²) in [5.41, 5.74) is 0. The van der Waals surface area contributed by atoms with E-state index >= 15 is 0 Å². The first-order valence-corrected chi connectivity index (χ1v) is 5.18. The van der Waals surface area contributed by atoms with E-state index in [0.717, 1.165) is 11.5 Å². The van der Waals surface area contributed by atoms with Crippen LogP contribution in [0.2, 0.25) is 0 Å². The van der Waals surface area contributed by atoms with Crippen molar-refractivity contribution in [1.29, 1.82) is 0 Å². The quantitative estimate of drug-likeness (QED) is 0.595. The molecule has 0 radical (unpaired) electrons. The molecule has 1 aromatic heterocycles. The fourth-order valence-corrected chi connectivity index (χ4v) is 1.23. The lowest BCUT2D eigenvalue weighted by Gasteiger charge is -2.02. The Bertz CT molecular complexity index is 382. The first-order valence-electron chi connectivity index (χ1n) is 5.18. The van der Waals surface area contributed by atoms with E-state index in [9.17, 15) is 4.79 Å². The average Bonchev–Trinajstić information content (AvgIpc) is 2.67. The summed E-state index contributed by atoms with van der Waals surface area (Å²) in [6.07, 6.45) is 5.44. The van der Waals surface area contributed by atoms with Gasteiger partial charge < -0.3 is 15.1 Å². The predicted octanol–water partition coefficient (Wildman–Crippen LogP) is 1.24. The smallest absolute Gasteiger partial charge is 0.222 e. The third-order valence-corrected chi connectivity index (χ3v) is 2.01. The second-order valence-electron chi connectivity index (χ2n) is 3.42. The number of carbonyl (C=O) groups excluding carboxylic acids is 1. The molecule has 0 aliphatic heterocycles. The highest BCUT2D eigenvalue weighted by molar-refractivity contribution is 5.85. The summed E-state index contributed by atoms with van der Waals surface area (Å²) in [5.74, 6) is 4.08. The number of nitrogens with one attached hydrogen (secondary N) is 2. The van der Waals surface area contributed by atoms with Crippen LogP contribution in [0.3, 0.4) is 0 Å². The SMILES string of the molecule is C#CCNC(=O)CCNCc1ccc(C)o1.Cl. The van der Waals surface area contributed by atoms with Crippen molar-refractivity contribution < 1.29 is 9.21 Å². The molecule has 0 atom stereocenters. The van der Waals surface area contributed by atoms with E-state index in [4.69, 9.17) is 10.8 Å². The van der Waals surface area contributed by atoms with Gasteiger partial charge in [-0.2, -0.15) is 0 Å². The number of terminal acetylenes is 1. The molecule has 1 heterocycles. The van der Waals surface area contributed by atoms with Gasteiger partial charge in [0.05, 0.1) is 13.1 Å². The Balaban J connectivity index is 0.00000256. The second-order valence-corrected chi connectivity index (χ2v) is 3.42. The van der Waals surface area contributed by atoms with Crippen molar-refractivity contribution in [3.8, 4) is 12.3 Å². The summed E-state index contributed by atoms with van der Waals surface area (Å²) in [4.78, 5) is 11.1. The van der Waals surface area contributed by atoms with Crippen molar-refractivity contribution in [2.75, 3.05) is 13.1 Å². The Morgan fingerprint density at radius 2 is 2.29 bits per heavy atom. The maximum atomic E-state index is 11.1. The van der Waals surface area contributed by atoms with E-state index in [1.165, 1.54) is 0 Å². The van der Waals surface area contributed by atoms with Crippen LogP contribution >= 0.6 is 12.4 Å². The lowest BCUT2D eigenvalue weighted by Crippen LogP contribution is -2.27. The molecule has 1 rings (SSSR count). The van der Waals surface area contributed by atoms with Gasteiger partial charge in [0, 0.05) is 13.0 Å². The van der Waals surface area contributed by atoms with Crippen LogP contribution in [-0.4, -0.2) is 19.0 Å². The Morgan fingerprint density at radius 3 is 2.88 bits per heavy atom. The average molecular weight is 257 g/mol. The predicted molar refractivity (Wildman–Crippen MR) is 68.9 cm³/mol. The molecule has 0 bridgehead atoms. The second kappa shape index (κ2) is 8.68. The largest absolute Gasteiger partial charge is 0.465 e. The molecule has 0 aromatic carbocycles. The molecule has 2 N–H and O–H groups in total. The normalized spacial score (nSPS) is 9.18. The Morgan fingerprint density at radius 1 is 1.53 bits per heavy atom. The summed E-state index contributed by atoms with van der Waals surface area (Å²) in [6.45, 7) is 3.43. The van der Waals surface area contributed by atoms with Crippen LogP contribution in [0.1, 0.15) is 17.9 Å². The fraction of sp³-hybridized carbons (Fsp3) is 0.417. The molecule has 4 nitrogen and oxygen atoms in total. The van der Waals surface area contributed by atoms with Crippen molar-refractivity contribution in [2.45, 2.75) is 19.9 Å². The monoisotopic (exact) mass is 256 g/mol. The first kappa shape index (κ1) is 15.6. The van der Waals surface area contributed by atoms with Crippen LogP contribution in [0.4, 0.5) is 0 Å². The molecule has 1 aromatic rings. The molecule has 17 heavy (non-hydrogen) atoms. The van der Waals surface area contributed by atoms with E-state index < -0.39 is 0 Å². The number of rotatable bonds is 6. The number of carbonyl (C=O) groups is 1. The zero-order chi connectivity index (χ0) is 11.8. The van der Waals surface area contributed by atoms with Crippen LogP contribution in [0.25, 0.3) is 0 Å². The van der Waals surface area contributed by atoms with Crippen LogP contribution in [0, 0.1) is 19.3 Å². The van der Waals surface area contributed by atoms with Crippen molar-refractivity contribution in [2.24, 2.45) is 0 Å². The highest BCUT2D eigenvalue weighted by atomic mass is 35.5. The molecule has 0 unspecified atom stereocenters. The molecule has 0 aliphatic carbocycles. The number of furan rings is 1. The zero-order valence-corrected chi connectivity index (χ0v) is 10.6. The van der Waals surface area contributed by atoms with Gasteiger partial charge >= 0.3 is 0 Å². The maximum absolute atomic E-state index is 11.1. The molecular weight excluding hydrogens is 240 g/mol. The van der Waals surface area contributed by atoms with E-state index in [2.05, 4.69) is 16.6 Å². The van der Waals surface area contributed by atoms with Gasteiger partial charge in [-0.1, -0.05) is 5.92 Å². The molecular formula is C12H17ClN2O2. The van der Waals surface area contributed by atoms with Crippen LogP contribution in [0.15, 0.2) is 16.5 Å². The topological polar surface area (TPSA) is 54.3 Å². The molecule has 94 valence electrons. The molecule has 0 saturated carbocycles. The minimum atomic E-state index is -0.0407. The number of hydrogen-bond donors (Lipinski definition) is 2. The summed E-state index contributed by atoms with van der Waals surface area (Å²) in [7, 11) is 0. The van der Waals surface area contributed by atoms with Crippen molar-refractivity contribution in [1.82, 2.24) is 10.6 Å². The van der Waals surface area contributed by atoms with Gasteiger partial charge in [0.1, 0.15) is 11.5 Å². The lowest BCUT2D eigenvalue weighted by molar-refractivity contribution is -0.120. The Kier molecular flexibility index (Phi) is 7.95. The van der Waals surface area contributed by atoms with E-state index in [1.807, 2.05) is 19.1 Å². The number of hydrogen-bond acceptors (Lipinski definition) is 3. The van der Waals surface area contributed by atoms with Gasteiger partial charge in [0.25, 0.3) is 0 Å².